The first-order chi connectivity index (χ1) is 12.8. The number of rotatable bonds is 6. The van der Waals surface area contributed by atoms with Crippen molar-refractivity contribution in [3.8, 4) is 0 Å². The molecule has 0 spiro atoms. The third-order valence-corrected chi connectivity index (χ3v) is 6.95. The molecule has 1 atom stereocenters. The third kappa shape index (κ3) is 4.39. The highest BCUT2D eigenvalue weighted by atomic mass is 79.9. The van der Waals surface area contributed by atoms with Crippen molar-refractivity contribution in [2.75, 3.05) is 0 Å². The number of carbonyl (C=O) groups is 1. The van der Waals surface area contributed by atoms with Crippen molar-refractivity contribution in [1.29, 1.82) is 0 Å². The Bertz CT molecular complexity index is 1050. The van der Waals surface area contributed by atoms with Crippen LogP contribution in [0.5, 0.6) is 0 Å². The minimum atomic E-state index is -3.79. The van der Waals surface area contributed by atoms with Gasteiger partial charge in [-0.2, -0.15) is 0 Å². The summed E-state index contributed by atoms with van der Waals surface area (Å²) in [5.74, 6) is 0.626. The van der Waals surface area contributed by atoms with E-state index in [1.165, 1.54) is 0 Å². The summed E-state index contributed by atoms with van der Waals surface area (Å²) in [5, 5.41) is -1.08. The Morgan fingerprint density at radius 2 is 1.59 bits per heavy atom. The van der Waals surface area contributed by atoms with Gasteiger partial charge in [0.15, 0.2) is 15.6 Å². The van der Waals surface area contributed by atoms with Gasteiger partial charge in [-0.05, 0) is 50.2 Å². The van der Waals surface area contributed by atoms with E-state index in [1.54, 1.807) is 67.6 Å². The van der Waals surface area contributed by atoms with Crippen LogP contribution in [0.1, 0.15) is 39.1 Å². The van der Waals surface area contributed by atoms with Crippen LogP contribution < -0.4 is 0 Å². The minimum absolute atomic E-state index is 0.177. The van der Waals surface area contributed by atoms with Crippen molar-refractivity contribution >= 4 is 31.6 Å². The van der Waals surface area contributed by atoms with Crippen molar-refractivity contribution in [3.63, 3.8) is 0 Å². The Balaban J connectivity index is 2.00. The first kappa shape index (κ1) is 19.6. The summed E-state index contributed by atoms with van der Waals surface area (Å²) in [6.07, 6.45) is -0.190. The lowest BCUT2D eigenvalue weighted by atomic mass is 10.1. The molecule has 0 saturated heterocycles. The molecule has 0 N–H and O–H groups in total. The van der Waals surface area contributed by atoms with Gasteiger partial charge in [0.1, 0.15) is 16.8 Å². The zero-order valence-corrected chi connectivity index (χ0v) is 17.4. The van der Waals surface area contributed by atoms with Crippen molar-refractivity contribution in [2.24, 2.45) is 0 Å². The first-order valence-electron chi connectivity index (χ1n) is 8.43. The van der Waals surface area contributed by atoms with Gasteiger partial charge in [0, 0.05) is 16.5 Å². The van der Waals surface area contributed by atoms with Gasteiger partial charge in [-0.3, -0.25) is 4.79 Å². The van der Waals surface area contributed by atoms with E-state index in [-0.39, 0.29) is 22.9 Å². The molecule has 0 radical (unpaired) electrons. The van der Waals surface area contributed by atoms with E-state index in [0.29, 0.717) is 11.3 Å². The third-order valence-electron chi connectivity index (χ3n) is 4.34. The fourth-order valence-corrected chi connectivity index (χ4v) is 4.72. The highest BCUT2D eigenvalue weighted by molar-refractivity contribution is 9.10. The summed E-state index contributed by atoms with van der Waals surface area (Å²) >= 11 is 3.33. The van der Waals surface area contributed by atoms with E-state index in [4.69, 9.17) is 4.42 Å². The Morgan fingerprint density at radius 1 is 0.963 bits per heavy atom. The number of furan rings is 1. The number of benzene rings is 2. The average molecular weight is 447 g/mol. The number of sulfone groups is 1. The van der Waals surface area contributed by atoms with Gasteiger partial charge in [0.05, 0.1) is 4.90 Å². The summed E-state index contributed by atoms with van der Waals surface area (Å²) in [6.45, 7) is 3.64. The number of Topliss-reactive ketones (excluding diaryl/α,β-unsaturated/α-hetero) is 1. The molecule has 3 aromatic rings. The van der Waals surface area contributed by atoms with Crippen LogP contribution in [0.25, 0.3) is 0 Å². The summed E-state index contributed by atoms with van der Waals surface area (Å²) in [7, 11) is -3.79. The summed E-state index contributed by atoms with van der Waals surface area (Å²) < 4.78 is 33.0. The maximum atomic E-state index is 13.3. The van der Waals surface area contributed by atoms with Gasteiger partial charge in [0.25, 0.3) is 0 Å². The van der Waals surface area contributed by atoms with Gasteiger partial charge in [-0.15, -0.1) is 0 Å². The number of halogens is 1. The molecule has 0 saturated carbocycles. The molecule has 1 unspecified atom stereocenters. The van der Waals surface area contributed by atoms with Crippen LogP contribution in [0.15, 0.2) is 74.4 Å². The van der Waals surface area contributed by atoms with E-state index in [2.05, 4.69) is 15.9 Å². The molecule has 4 nitrogen and oxygen atoms in total. The summed E-state index contributed by atoms with van der Waals surface area (Å²) in [6, 6.07) is 16.8. The van der Waals surface area contributed by atoms with Gasteiger partial charge in [0.2, 0.25) is 0 Å². The molecular weight excluding hydrogens is 428 g/mol. The number of hydrogen-bond acceptors (Lipinski definition) is 4. The maximum absolute atomic E-state index is 13.3. The minimum Gasteiger partial charge on any atom is -0.465 e. The molecule has 0 aliphatic carbocycles. The van der Waals surface area contributed by atoms with Crippen LogP contribution in [-0.2, 0) is 9.84 Å². The monoisotopic (exact) mass is 446 g/mol. The molecular formula is C21H19BrO4S. The predicted octanol–water partition coefficient (Wildman–Crippen LogP) is 5.45. The molecule has 6 heteroatoms. The van der Waals surface area contributed by atoms with E-state index < -0.39 is 15.1 Å². The molecule has 1 heterocycles. The second kappa shape index (κ2) is 7.82. The SMILES string of the molecule is Cc1ccc(S(=O)(=O)C(CC(=O)c2ccc(Br)cc2)c2ccc(C)o2)cc1. The molecule has 27 heavy (non-hydrogen) atoms. The number of ketones is 1. The summed E-state index contributed by atoms with van der Waals surface area (Å²) in [5.41, 5.74) is 1.43. The topological polar surface area (TPSA) is 64.3 Å². The lowest BCUT2D eigenvalue weighted by molar-refractivity contribution is 0.0978. The molecule has 0 aliphatic heterocycles. The predicted molar refractivity (Wildman–Crippen MR) is 108 cm³/mol. The number of aryl methyl sites for hydroxylation is 2. The van der Waals surface area contributed by atoms with E-state index in [0.717, 1.165) is 10.0 Å². The van der Waals surface area contributed by atoms with Crippen LogP contribution in [0.3, 0.4) is 0 Å². The standard InChI is InChI=1S/C21H19BrO4S/c1-14-3-10-18(11-4-14)27(24,25)21(20-12-5-15(2)26-20)13-19(23)16-6-8-17(22)9-7-16/h3-12,21H,13H2,1-2H3. The van der Waals surface area contributed by atoms with Gasteiger partial charge >= 0.3 is 0 Å². The maximum Gasteiger partial charge on any atom is 0.188 e. The van der Waals surface area contributed by atoms with E-state index >= 15 is 0 Å². The molecule has 1 aromatic heterocycles. The van der Waals surface area contributed by atoms with Crippen molar-refractivity contribution in [3.05, 3.63) is 87.8 Å². The van der Waals surface area contributed by atoms with Gasteiger partial charge in [-0.25, -0.2) is 8.42 Å². The fraction of sp³-hybridized carbons (Fsp3) is 0.190. The molecule has 0 aliphatic rings. The average Bonchev–Trinajstić information content (AvgIpc) is 3.06. The first-order valence-corrected chi connectivity index (χ1v) is 10.8. The lowest BCUT2D eigenvalue weighted by Gasteiger charge is -2.16. The van der Waals surface area contributed by atoms with E-state index in [9.17, 15) is 13.2 Å². The van der Waals surface area contributed by atoms with Crippen molar-refractivity contribution in [1.82, 2.24) is 0 Å². The van der Waals surface area contributed by atoms with Crippen LogP contribution in [-0.4, -0.2) is 14.2 Å². The largest absolute Gasteiger partial charge is 0.465 e. The zero-order valence-electron chi connectivity index (χ0n) is 15.0. The van der Waals surface area contributed by atoms with Gasteiger partial charge in [-0.1, -0.05) is 45.8 Å². The quantitative estimate of drug-likeness (QED) is 0.472. The molecule has 140 valence electrons. The highest BCUT2D eigenvalue weighted by Crippen LogP contribution is 2.34. The molecule has 2 aromatic carbocycles. The number of hydrogen-bond donors (Lipinski definition) is 0. The smallest absolute Gasteiger partial charge is 0.188 e. The molecule has 3 rings (SSSR count). The van der Waals surface area contributed by atoms with Crippen molar-refractivity contribution < 1.29 is 17.6 Å². The summed E-state index contributed by atoms with van der Waals surface area (Å²) in [4.78, 5) is 12.9. The molecule has 0 fully saturated rings. The zero-order chi connectivity index (χ0) is 19.6. The number of carbonyl (C=O) groups excluding carboxylic acids is 1. The lowest BCUT2D eigenvalue weighted by Crippen LogP contribution is -2.17. The van der Waals surface area contributed by atoms with Crippen LogP contribution in [0, 0.1) is 13.8 Å². The second-order valence-corrected chi connectivity index (χ2v) is 9.48. The second-order valence-electron chi connectivity index (χ2n) is 6.43. The van der Waals surface area contributed by atoms with Crippen LogP contribution in [0.2, 0.25) is 0 Å². The normalized spacial score (nSPS) is 12.7. The Kier molecular flexibility index (Phi) is 5.67. The fourth-order valence-electron chi connectivity index (χ4n) is 2.80. The molecule has 0 bridgehead atoms. The van der Waals surface area contributed by atoms with Crippen LogP contribution in [0.4, 0.5) is 0 Å². The highest BCUT2D eigenvalue weighted by Gasteiger charge is 2.34. The van der Waals surface area contributed by atoms with Crippen molar-refractivity contribution in [2.45, 2.75) is 30.4 Å². The van der Waals surface area contributed by atoms with Crippen LogP contribution >= 0.6 is 15.9 Å². The van der Waals surface area contributed by atoms with Gasteiger partial charge < -0.3 is 4.42 Å². The van der Waals surface area contributed by atoms with E-state index in [1.807, 2.05) is 6.92 Å². The molecule has 0 amide bonds. The Morgan fingerprint density at radius 3 is 2.15 bits per heavy atom. The Labute approximate surface area is 167 Å². The Hall–Kier alpha value is -2.18.